The first-order valence-electron chi connectivity index (χ1n) is 5.99. The lowest BCUT2D eigenvalue weighted by Gasteiger charge is -2.30. The van der Waals surface area contributed by atoms with Crippen molar-refractivity contribution in [2.24, 2.45) is 5.92 Å². The summed E-state index contributed by atoms with van der Waals surface area (Å²) in [6, 6.07) is 0.893. The van der Waals surface area contributed by atoms with E-state index >= 15 is 0 Å². The number of hydrogen-bond donors (Lipinski definition) is 1. The summed E-state index contributed by atoms with van der Waals surface area (Å²) in [6.07, 6.45) is 2.36. The van der Waals surface area contributed by atoms with E-state index in [0.717, 1.165) is 24.8 Å². The quantitative estimate of drug-likeness (QED) is 0.878. The Labute approximate surface area is 101 Å². The molecule has 1 aromatic heterocycles. The van der Waals surface area contributed by atoms with E-state index in [4.69, 9.17) is 4.74 Å². The fraction of sp³-hybridized carbons (Fsp3) is 0.750. The summed E-state index contributed by atoms with van der Waals surface area (Å²) < 4.78 is 5.39. The third-order valence-electron chi connectivity index (χ3n) is 3.38. The molecule has 1 aromatic rings. The lowest BCUT2D eigenvalue weighted by atomic mass is 9.92. The number of thiazole rings is 1. The minimum atomic E-state index is 0.351. The van der Waals surface area contributed by atoms with Crippen LogP contribution in [0.25, 0.3) is 0 Å². The second-order valence-corrected chi connectivity index (χ2v) is 5.26. The smallest absolute Gasteiger partial charge is 0.0795 e. The van der Waals surface area contributed by atoms with Crippen molar-refractivity contribution in [3.63, 3.8) is 0 Å². The van der Waals surface area contributed by atoms with Crippen LogP contribution in [0.1, 0.15) is 38.4 Å². The van der Waals surface area contributed by atoms with E-state index in [1.54, 1.807) is 11.3 Å². The molecule has 0 aliphatic carbocycles. The van der Waals surface area contributed by atoms with Crippen LogP contribution in [0.2, 0.25) is 0 Å². The molecule has 4 heteroatoms. The molecule has 1 N–H and O–H groups in total. The molecule has 2 rings (SSSR count). The van der Waals surface area contributed by atoms with Gasteiger partial charge in [-0.05, 0) is 32.6 Å². The van der Waals surface area contributed by atoms with Crippen molar-refractivity contribution in [1.29, 1.82) is 0 Å². The van der Waals surface area contributed by atoms with Gasteiger partial charge in [0, 0.05) is 30.7 Å². The van der Waals surface area contributed by atoms with Gasteiger partial charge in [-0.1, -0.05) is 0 Å². The molecule has 2 atom stereocenters. The van der Waals surface area contributed by atoms with Gasteiger partial charge in [-0.3, -0.25) is 0 Å². The Morgan fingerprint density at radius 2 is 2.19 bits per heavy atom. The molecule has 1 aliphatic heterocycles. The molecule has 1 aliphatic rings. The van der Waals surface area contributed by atoms with E-state index < -0.39 is 0 Å². The Morgan fingerprint density at radius 3 is 2.81 bits per heavy atom. The van der Waals surface area contributed by atoms with Gasteiger partial charge >= 0.3 is 0 Å². The Balaban J connectivity index is 1.84. The van der Waals surface area contributed by atoms with E-state index in [-0.39, 0.29) is 0 Å². The average Bonchev–Trinajstić information content (AvgIpc) is 2.83. The maximum absolute atomic E-state index is 5.39. The number of rotatable bonds is 4. The largest absolute Gasteiger partial charge is 0.381 e. The van der Waals surface area contributed by atoms with Crippen LogP contribution in [0, 0.1) is 5.92 Å². The van der Waals surface area contributed by atoms with Crippen molar-refractivity contribution in [3.05, 3.63) is 16.6 Å². The van der Waals surface area contributed by atoms with Crippen molar-refractivity contribution < 1.29 is 4.74 Å². The monoisotopic (exact) mass is 240 g/mol. The maximum atomic E-state index is 5.39. The van der Waals surface area contributed by atoms with Gasteiger partial charge < -0.3 is 10.1 Å². The van der Waals surface area contributed by atoms with E-state index in [1.165, 1.54) is 12.8 Å². The molecular formula is C12H20N2OS. The molecule has 1 saturated heterocycles. The van der Waals surface area contributed by atoms with E-state index in [9.17, 15) is 0 Å². The van der Waals surface area contributed by atoms with Crippen molar-refractivity contribution in [2.45, 2.75) is 38.8 Å². The van der Waals surface area contributed by atoms with Gasteiger partial charge in [-0.15, -0.1) is 11.3 Å². The number of hydrogen-bond acceptors (Lipinski definition) is 4. The van der Waals surface area contributed by atoms with Gasteiger partial charge in [0.1, 0.15) is 0 Å². The van der Waals surface area contributed by atoms with Gasteiger partial charge in [-0.25, -0.2) is 4.98 Å². The minimum Gasteiger partial charge on any atom is -0.381 e. The van der Waals surface area contributed by atoms with Crippen LogP contribution in [0.5, 0.6) is 0 Å². The van der Waals surface area contributed by atoms with E-state index in [1.807, 2.05) is 5.51 Å². The molecule has 90 valence electrons. The van der Waals surface area contributed by atoms with Crippen LogP contribution in [0.4, 0.5) is 0 Å². The first kappa shape index (κ1) is 12.0. The molecule has 0 saturated carbocycles. The highest BCUT2D eigenvalue weighted by atomic mass is 32.1. The molecule has 2 unspecified atom stereocenters. The molecule has 0 amide bonds. The SMILES string of the molecule is CC(NC(C)C1CCOCC1)c1cscn1. The predicted octanol–water partition coefficient (Wildman–Crippen LogP) is 2.61. The zero-order chi connectivity index (χ0) is 11.4. The standard InChI is InChI=1S/C12H20N2OS/c1-9(11-3-5-15-6-4-11)14-10(2)12-7-16-8-13-12/h7-11,14H,3-6H2,1-2H3. The highest BCUT2D eigenvalue weighted by Crippen LogP contribution is 2.21. The van der Waals surface area contributed by atoms with Crippen molar-refractivity contribution in [3.8, 4) is 0 Å². The molecule has 16 heavy (non-hydrogen) atoms. The number of aromatic nitrogens is 1. The van der Waals surface area contributed by atoms with Gasteiger partial charge in [-0.2, -0.15) is 0 Å². The molecular weight excluding hydrogens is 220 g/mol. The molecule has 3 nitrogen and oxygen atoms in total. The van der Waals surface area contributed by atoms with Crippen molar-refractivity contribution in [1.82, 2.24) is 10.3 Å². The zero-order valence-electron chi connectivity index (χ0n) is 9.98. The predicted molar refractivity (Wildman–Crippen MR) is 66.7 cm³/mol. The van der Waals surface area contributed by atoms with Gasteiger partial charge in [0.05, 0.1) is 11.2 Å². The van der Waals surface area contributed by atoms with Crippen LogP contribution in [0.15, 0.2) is 10.9 Å². The minimum absolute atomic E-state index is 0.351. The summed E-state index contributed by atoms with van der Waals surface area (Å²) in [4.78, 5) is 4.35. The fourth-order valence-corrected chi connectivity index (χ4v) is 2.92. The van der Waals surface area contributed by atoms with Gasteiger partial charge in [0.2, 0.25) is 0 Å². The number of nitrogens with zero attached hydrogens (tertiary/aromatic N) is 1. The van der Waals surface area contributed by atoms with Crippen LogP contribution in [0.3, 0.4) is 0 Å². The Kier molecular flexibility index (Phi) is 4.32. The molecule has 0 radical (unpaired) electrons. The van der Waals surface area contributed by atoms with Crippen LogP contribution < -0.4 is 5.32 Å². The second kappa shape index (κ2) is 5.75. The number of nitrogens with one attached hydrogen (secondary N) is 1. The first-order valence-corrected chi connectivity index (χ1v) is 6.93. The lowest BCUT2D eigenvalue weighted by molar-refractivity contribution is 0.0546. The van der Waals surface area contributed by atoms with Gasteiger partial charge in [0.25, 0.3) is 0 Å². The topological polar surface area (TPSA) is 34.1 Å². The molecule has 0 spiro atoms. The Morgan fingerprint density at radius 1 is 1.44 bits per heavy atom. The lowest BCUT2D eigenvalue weighted by Crippen LogP contribution is -2.38. The average molecular weight is 240 g/mol. The van der Waals surface area contributed by atoms with Crippen LogP contribution in [-0.4, -0.2) is 24.2 Å². The van der Waals surface area contributed by atoms with E-state index in [2.05, 4.69) is 29.5 Å². The summed E-state index contributed by atoms with van der Waals surface area (Å²) in [5.74, 6) is 0.745. The summed E-state index contributed by atoms with van der Waals surface area (Å²) in [7, 11) is 0. The van der Waals surface area contributed by atoms with Crippen molar-refractivity contribution in [2.75, 3.05) is 13.2 Å². The van der Waals surface area contributed by atoms with Crippen molar-refractivity contribution >= 4 is 11.3 Å². The third kappa shape index (κ3) is 3.03. The number of ether oxygens (including phenoxy) is 1. The van der Waals surface area contributed by atoms with Crippen LogP contribution >= 0.6 is 11.3 Å². The normalized spacial score (nSPS) is 21.9. The Hall–Kier alpha value is -0.450. The highest BCUT2D eigenvalue weighted by molar-refractivity contribution is 7.07. The molecule has 2 heterocycles. The van der Waals surface area contributed by atoms with Crippen LogP contribution in [-0.2, 0) is 4.74 Å². The zero-order valence-corrected chi connectivity index (χ0v) is 10.8. The summed E-state index contributed by atoms with van der Waals surface area (Å²) in [5, 5.41) is 5.76. The summed E-state index contributed by atoms with van der Waals surface area (Å²) in [5.41, 5.74) is 3.05. The third-order valence-corrected chi connectivity index (χ3v) is 3.99. The summed E-state index contributed by atoms with van der Waals surface area (Å²) in [6.45, 7) is 6.30. The molecule has 0 bridgehead atoms. The van der Waals surface area contributed by atoms with E-state index in [0.29, 0.717) is 12.1 Å². The first-order chi connectivity index (χ1) is 7.77. The maximum Gasteiger partial charge on any atom is 0.0795 e. The fourth-order valence-electron chi connectivity index (χ4n) is 2.27. The molecule has 1 fully saturated rings. The van der Waals surface area contributed by atoms with Gasteiger partial charge in [0.15, 0.2) is 0 Å². The highest BCUT2D eigenvalue weighted by Gasteiger charge is 2.22. The molecule has 0 aromatic carbocycles. The Bertz CT molecular complexity index is 296. The summed E-state index contributed by atoms with van der Waals surface area (Å²) >= 11 is 1.66. The second-order valence-electron chi connectivity index (χ2n) is 4.54.